The summed E-state index contributed by atoms with van der Waals surface area (Å²) in [4.78, 5) is 17.2. The van der Waals surface area contributed by atoms with Gasteiger partial charge in [-0.25, -0.2) is 4.99 Å². The normalized spacial score (nSPS) is 13.3. The highest BCUT2D eigenvalue weighted by Crippen LogP contribution is 2.26. The molecule has 1 aromatic rings. The lowest BCUT2D eigenvalue weighted by atomic mass is 10.1. The van der Waals surface area contributed by atoms with Crippen molar-refractivity contribution in [3.63, 3.8) is 0 Å². The first-order valence-electron chi connectivity index (χ1n) is 6.78. The standard InChI is InChI=1S/C16H21FN2OS/c1-5-21-11-14(20)15(16(17)18-3)19(4)12(2)13-9-7-6-8-10-13/h6-10,12H,3,5,11H2,1-2,4H3/b16-15-/t12-/m1/s1. The second-order valence-corrected chi connectivity index (χ2v) is 5.83. The Bertz CT molecular complexity index is 516. The Morgan fingerprint density at radius 3 is 2.57 bits per heavy atom. The van der Waals surface area contributed by atoms with Crippen molar-refractivity contribution in [3.8, 4) is 0 Å². The van der Waals surface area contributed by atoms with Gasteiger partial charge < -0.3 is 4.90 Å². The average molecular weight is 308 g/mol. The van der Waals surface area contributed by atoms with Gasteiger partial charge in [0.2, 0.25) is 5.95 Å². The highest BCUT2D eigenvalue weighted by atomic mass is 32.2. The molecule has 0 radical (unpaired) electrons. The molecule has 114 valence electrons. The van der Waals surface area contributed by atoms with Gasteiger partial charge in [0, 0.05) is 7.05 Å². The van der Waals surface area contributed by atoms with Gasteiger partial charge in [0.15, 0.2) is 5.78 Å². The number of thioether (sulfide) groups is 1. The van der Waals surface area contributed by atoms with Crippen LogP contribution in [0.15, 0.2) is 47.0 Å². The average Bonchev–Trinajstić information content (AvgIpc) is 2.52. The molecule has 0 bridgehead atoms. The minimum Gasteiger partial charge on any atom is -0.361 e. The van der Waals surface area contributed by atoms with Crippen molar-refractivity contribution in [2.24, 2.45) is 4.99 Å². The van der Waals surface area contributed by atoms with E-state index in [0.717, 1.165) is 11.3 Å². The zero-order valence-corrected chi connectivity index (χ0v) is 13.5. The molecule has 0 heterocycles. The third kappa shape index (κ3) is 4.70. The second-order valence-electron chi connectivity index (χ2n) is 4.56. The van der Waals surface area contributed by atoms with Crippen molar-refractivity contribution in [1.29, 1.82) is 0 Å². The summed E-state index contributed by atoms with van der Waals surface area (Å²) in [5, 5.41) is 0. The summed E-state index contributed by atoms with van der Waals surface area (Å²) >= 11 is 1.46. The quantitative estimate of drug-likeness (QED) is 0.415. The Hall–Kier alpha value is -1.62. The summed E-state index contributed by atoms with van der Waals surface area (Å²) in [6.07, 6.45) is 0. The Morgan fingerprint density at radius 1 is 1.43 bits per heavy atom. The first kappa shape index (κ1) is 17.4. The maximum absolute atomic E-state index is 14.0. The predicted octanol–water partition coefficient (Wildman–Crippen LogP) is 3.84. The molecular formula is C16H21FN2OS. The van der Waals surface area contributed by atoms with Crippen LogP contribution in [0.4, 0.5) is 4.39 Å². The summed E-state index contributed by atoms with van der Waals surface area (Å²) in [5.74, 6) is -0.0419. The fourth-order valence-corrected chi connectivity index (χ4v) is 2.47. The van der Waals surface area contributed by atoms with Gasteiger partial charge in [-0.15, -0.1) is 0 Å². The van der Waals surface area contributed by atoms with E-state index in [2.05, 4.69) is 11.7 Å². The number of ketones is 1. The van der Waals surface area contributed by atoms with Crippen molar-refractivity contribution < 1.29 is 9.18 Å². The Balaban J connectivity index is 3.04. The molecule has 0 N–H and O–H groups in total. The van der Waals surface area contributed by atoms with Gasteiger partial charge in [-0.05, 0) is 25.0 Å². The molecule has 0 aliphatic carbocycles. The van der Waals surface area contributed by atoms with Gasteiger partial charge in [0.25, 0.3) is 0 Å². The van der Waals surface area contributed by atoms with Crippen LogP contribution in [-0.2, 0) is 4.79 Å². The van der Waals surface area contributed by atoms with Crippen molar-refractivity contribution in [3.05, 3.63) is 47.5 Å². The van der Waals surface area contributed by atoms with Gasteiger partial charge in [-0.2, -0.15) is 16.2 Å². The SMILES string of the molecule is C=N/C(F)=C(/C(=O)CSCC)N(C)[C@H](C)c1ccccc1. The minimum atomic E-state index is -0.818. The number of halogens is 1. The monoisotopic (exact) mass is 308 g/mol. The van der Waals surface area contributed by atoms with Crippen molar-refractivity contribution in [2.45, 2.75) is 19.9 Å². The molecule has 1 atom stereocenters. The zero-order valence-electron chi connectivity index (χ0n) is 12.7. The molecule has 0 amide bonds. The summed E-state index contributed by atoms with van der Waals surface area (Å²) in [6.45, 7) is 7.07. The fraction of sp³-hybridized carbons (Fsp3) is 0.375. The lowest BCUT2D eigenvalue weighted by Crippen LogP contribution is -2.28. The predicted molar refractivity (Wildman–Crippen MR) is 88.3 cm³/mol. The highest BCUT2D eigenvalue weighted by molar-refractivity contribution is 7.99. The van der Waals surface area contributed by atoms with Crippen LogP contribution in [-0.4, -0.2) is 36.0 Å². The fourth-order valence-electron chi connectivity index (χ4n) is 1.94. The highest BCUT2D eigenvalue weighted by Gasteiger charge is 2.24. The van der Waals surface area contributed by atoms with Gasteiger partial charge in [-0.3, -0.25) is 4.79 Å². The van der Waals surface area contributed by atoms with Crippen LogP contribution in [0.25, 0.3) is 0 Å². The van der Waals surface area contributed by atoms with E-state index in [-0.39, 0.29) is 23.3 Å². The number of Topliss-reactive ketones (excluding diaryl/α,β-unsaturated/α-hetero) is 1. The van der Waals surface area contributed by atoms with E-state index in [1.54, 1.807) is 11.9 Å². The Kier molecular flexibility index (Phi) is 7.15. The summed E-state index contributed by atoms with van der Waals surface area (Å²) in [7, 11) is 1.70. The first-order chi connectivity index (χ1) is 10.0. The van der Waals surface area contributed by atoms with E-state index in [4.69, 9.17) is 0 Å². The van der Waals surface area contributed by atoms with Crippen LogP contribution < -0.4 is 0 Å². The summed E-state index contributed by atoms with van der Waals surface area (Å²) in [6, 6.07) is 9.51. The van der Waals surface area contributed by atoms with Gasteiger partial charge >= 0.3 is 0 Å². The van der Waals surface area contributed by atoms with Gasteiger partial charge in [-0.1, -0.05) is 37.3 Å². The van der Waals surface area contributed by atoms with E-state index in [1.807, 2.05) is 44.2 Å². The number of rotatable bonds is 8. The van der Waals surface area contributed by atoms with Crippen LogP contribution in [0.2, 0.25) is 0 Å². The van der Waals surface area contributed by atoms with E-state index in [0.29, 0.717) is 0 Å². The molecule has 0 saturated heterocycles. The van der Waals surface area contributed by atoms with Crippen LogP contribution in [0.3, 0.4) is 0 Å². The third-order valence-corrected chi connectivity index (χ3v) is 4.13. The smallest absolute Gasteiger partial charge is 0.239 e. The van der Waals surface area contributed by atoms with E-state index in [9.17, 15) is 9.18 Å². The molecule has 3 nitrogen and oxygen atoms in total. The number of hydrogen-bond acceptors (Lipinski definition) is 4. The molecule has 1 rings (SSSR count). The Labute approximate surface area is 129 Å². The molecule has 0 saturated carbocycles. The Morgan fingerprint density at radius 2 is 2.05 bits per heavy atom. The maximum atomic E-state index is 14.0. The second kappa shape index (κ2) is 8.62. The zero-order chi connectivity index (χ0) is 15.8. The third-order valence-electron chi connectivity index (χ3n) is 3.25. The number of carbonyl (C=O) groups is 1. The molecule has 0 aliphatic rings. The van der Waals surface area contributed by atoms with E-state index >= 15 is 0 Å². The lowest BCUT2D eigenvalue weighted by Gasteiger charge is -2.28. The minimum absolute atomic E-state index is 0.0118. The number of carbonyl (C=O) groups excluding carboxylic acids is 1. The van der Waals surface area contributed by atoms with Crippen LogP contribution in [0, 0.1) is 0 Å². The summed E-state index contributed by atoms with van der Waals surface area (Å²) in [5.41, 5.74) is 0.993. The maximum Gasteiger partial charge on any atom is 0.239 e. The largest absolute Gasteiger partial charge is 0.361 e. The van der Waals surface area contributed by atoms with E-state index in [1.165, 1.54) is 11.8 Å². The van der Waals surface area contributed by atoms with Crippen molar-refractivity contribution in [2.75, 3.05) is 18.6 Å². The topological polar surface area (TPSA) is 32.7 Å². The molecule has 1 aromatic carbocycles. The molecule has 21 heavy (non-hydrogen) atoms. The van der Waals surface area contributed by atoms with Gasteiger partial charge in [0.05, 0.1) is 11.8 Å². The van der Waals surface area contributed by atoms with Crippen LogP contribution in [0.5, 0.6) is 0 Å². The molecule has 0 aromatic heterocycles. The number of hydrogen-bond donors (Lipinski definition) is 0. The molecule has 0 spiro atoms. The number of allylic oxidation sites excluding steroid dienone is 1. The van der Waals surface area contributed by atoms with Crippen molar-refractivity contribution >= 4 is 24.3 Å². The molecule has 5 heteroatoms. The number of nitrogens with zero attached hydrogens (tertiary/aromatic N) is 2. The van der Waals surface area contributed by atoms with Crippen molar-refractivity contribution in [1.82, 2.24) is 4.90 Å². The number of aliphatic imine (C=N–C) groups is 1. The molecule has 0 aliphatic heterocycles. The molecule has 0 fully saturated rings. The molecule has 0 unspecified atom stereocenters. The van der Waals surface area contributed by atoms with E-state index < -0.39 is 5.95 Å². The first-order valence-corrected chi connectivity index (χ1v) is 7.93. The number of likely N-dealkylation sites (N-methyl/N-ethyl adjacent to an activating group) is 1. The molecular weight excluding hydrogens is 287 g/mol. The van der Waals surface area contributed by atoms with Crippen LogP contribution in [0.1, 0.15) is 25.5 Å². The van der Waals surface area contributed by atoms with Gasteiger partial charge in [0.1, 0.15) is 5.70 Å². The lowest BCUT2D eigenvalue weighted by molar-refractivity contribution is -0.115. The van der Waals surface area contributed by atoms with Crippen LogP contribution >= 0.6 is 11.8 Å². The number of benzene rings is 1. The summed E-state index contributed by atoms with van der Waals surface area (Å²) < 4.78 is 14.0.